The summed E-state index contributed by atoms with van der Waals surface area (Å²) in [7, 11) is 0. The van der Waals surface area contributed by atoms with Gasteiger partial charge in [-0.2, -0.15) is 0 Å². The SMILES string of the molecule is CCOC(=O)C1=C(C)N=c2s/c(=C/c3ccoc3)c(=O)n2[C@H]1c1ccc(F)cc1. The molecule has 3 heterocycles. The molecule has 2 aromatic heterocycles. The highest BCUT2D eigenvalue weighted by Crippen LogP contribution is 2.30. The number of thiazole rings is 1. The van der Waals surface area contributed by atoms with Crippen molar-refractivity contribution in [1.82, 2.24) is 4.57 Å². The van der Waals surface area contributed by atoms with Gasteiger partial charge in [0.05, 0.1) is 41.0 Å². The predicted octanol–water partition coefficient (Wildman–Crippen LogP) is 2.53. The molecule has 1 aliphatic heterocycles. The second-order valence-corrected chi connectivity index (χ2v) is 7.42. The highest BCUT2D eigenvalue weighted by molar-refractivity contribution is 7.07. The molecule has 4 rings (SSSR count). The first-order valence-corrected chi connectivity index (χ1v) is 9.78. The highest BCUT2D eigenvalue weighted by atomic mass is 32.1. The molecule has 1 aromatic carbocycles. The van der Waals surface area contributed by atoms with Crippen molar-refractivity contribution >= 4 is 23.4 Å². The zero-order valence-electron chi connectivity index (χ0n) is 15.7. The van der Waals surface area contributed by atoms with Crippen LogP contribution >= 0.6 is 11.3 Å². The molecule has 0 aliphatic carbocycles. The number of aromatic nitrogens is 1. The minimum atomic E-state index is -0.752. The summed E-state index contributed by atoms with van der Waals surface area (Å²) in [5.74, 6) is -0.952. The summed E-state index contributed by atoms with van der Waals surface area (Å²) in [5, 5.41) is 0. The van der Waals surface area contributed by atoms with Crippen LogP contribution < -0.4 is 14.9 Å². The fourth-order valence-electron chi connectivity index (χ4n) is 3.26. The number of hydrogen-bond acceptors (Lipinski definition) is 6. The average molecular weight is 412 g/mol. The topological polar surface area (TPSA) is 73.8 Å². The van der Waals surface area contributed by atoms with Crippen LogP contribution in [0.5, 0.6) is 0 Å². The molecule has 0 bridgehead atoms. The number of furan rings is 1. The normalized spacial score (nSPS) is 16.5. The van der Waals surface area contributed by atoms with Gasteiger partial charge >= 0.3 is 5.97 Å². The van der Waals surface area contributed by atoms with Gasteiger partial charge < -0.3 is 9.15 Å². The van der Waals surface area contributed by atoms with Crippen LogP contribution in [0.15, 0.2) is 68.3 Å². The molecule has 0 spiro atoms. The fraction of sp³-hybridized carbons (Fsp3) is 0.190. The summed E-state index contributed by atoms with van der Waals surface area (Å²) in [6.45, 7) is 3.60. The Bertz CT molecular complexity index is 1270. The maximum Gasteiger partial charge on any atom is 0.338 e. The molecule has 0 radical (unpaired) electrons. The largest absolute Gasteiger partial charge is 0.472 e. The minimum Gasteiger partial charge on any atom is -0.472 e. The van der Waals surface area contributed by atoms with Gasteiger partial charge in [0.1, 0.15) is 5.82 Å². The molecule has 6 nitrogen and oxygen atoms in total. The number of allylic oxidation sites excluding steroid dienone is 1. The minimum absolute atomic E-state index is 0.191. The average Bonchev–Trinajstić information content (AvgIpc) is 3.30. The van der Waals surface area contributed by atoms with Crippen molar-refractivity contribution in [3.8, 4) is 0 Å². The van der Waals surface area contributed by atoms with Crippen molar-refractivity contribution in [3.05, 3.63) is 90.8 Å². The maximum absolute atomic E-state index is 13.5. The molecule has 8 heteroatoms. The smallest absolute Gasteiger partial charge is 0.338 e. The number of hydrogen-bond donors (Lipinski definition) is 0. The third-order valence-corrected chi connectivity index (χ3v) is 5.53. The van der Waals surface area contributed by atoms with Crippen molar-refractivity contribution in [1.29, 1.82) is 0 Å². The van der Waals surface area contributed by atoms with Gasteiger partial charge in [0.2, 0.25) is 0 Å². The second-order valence-electron chi connectivity index (χ2n) is 6.41. The number of halogens is 1. The predicted molar refractivity (Wildman–Crippen MR) is 106 cm³/mol. The molecule has 0 fully saturated rings. The molecule has 0 N–H and O–H groups in total. The van der Waals surface area contributed by atoms with E-state index in [4.69, 9.17) is 9.15 Å². The lowest BCUT2D eigenvalue weighted by Crippen LogP contribution is -2.39. The first-order valence-electron chi connectivity index (χ1n) is 8.97. The first-order chi connectivity index (χ1) is 14.0. The van der Waals surface area contributed by atoms with Crippen molar-refractivity contribution in [3.63, 3.8) is 0 Å². The van der Waals surface area contributed by atoms with E-state index in [1.807, 2.05) is 0 Å². The Morgan fingerprint density at radius 1 is 1.34 bits per heavy atom. The Hall–Kier alpha value is -3.26. The second kappa shape index (κ2) is 7.63. The number of fused-ring (bicyclic) bond motifs is 1. The van der Waals surface area contributed by atoms with Gasteiger partial charge in [-0.25, -0.2) is 14.2 Å². The Morgan fingerprint density at radius 3 is 2.76 bits per heavy atom. The van der Waals surface area contributed by atoms with E-state index in [2.05, 4.69) is 4.99 Å². The summed E-state index contributed by atoms with van der Waals surface area (Å²) >= 11 is 1.22. The van der Waals surface area contributed by atoms with Crippen LogP contribution in [-0.2, 0) is 9.53 Å². The number of carbonyl (C=O) groups excluding carboxylic acids is 1. The zero-order chi connectivity index (χ0) is 20.5. The van der Waals surface area contributed by atoms with E-state index in [9.17, 15) is 14.0 Å². The Kier molecular flexibility index (Phi) is 5.02. The monoisotopic (exact) mass is 412 g/mol. The lowest BCUT2D eigenvalue weighted by Gasteiger charge is -2.24. The molecule has 1 aliphatic rings. The summed E-state index contributed by atoms with van der Waals surface area (Å²) in [4.78, 5) is 30.9. The lowest BCUT2D eigenvalue weighted by atomic mass is 9.96. The summed E-state index contributed by atoms with van der Waals surface area (Å²) in [6.07, 6.45) is 4.76. The third kappa shape index (κ3) is 3.47. The molecule has 0 amide bonds. The Morgan fingerprint density at radius 2 is 2.10 bits per heavy atom. The first kappa shape index (κ1) is 19.1. The third-order valence-electron chi connectivity index (χ3n) is 4.54. The van der Waals surface area contributed by atoms with E-state index in [-0.39, 0.29) is 17.7 Å². The zero-order valence-corrected chi connectivity index (χ0v) is 16.5. The van der Waals surface area contributed by atoms with E-state index in [0.29, 0.717) is 20.6 Å². The Labute approximate surface area is 168 Å². The van der Waals surface area contributed by atoms with E-state index in [1.165, 1.54) is 40.6 Å². The van der Waals surface area contributed by atoms with E-state index < -0.39 is 17.8 Å². The van der Waals surface area contributed by atoms with E-state index in [1.54, 1.807) is 38.1 Å². The molecule has 3 aromatic rings. The van der Waals surface area contributed by atoms with Crippen LogP contribution in [-0.4, -0.2) is 17.1 Å². The Balaban J connectivity index is 1.97. The lowest BCUT2D eigenvalue weighted by molar-refractivity contribution is -0.139. The van der Waals surface area contributed by atoms with E-state index >= 15 is 0 Å². The fourth-order valence-corrected chi connectivity index (χ4v) is 4.31. The molecule has 29 heavy (non-hydrogen) atoms. The van der Waals surface area contributed by atoms with Crippen LogP contribution in [0.4, 0.5) is 4.39 Å². The van der Waals surface area contributed by atoms with Crippen LogP contribution in [0, 0.1) is 5.82 Å². The number of carbonyl (C=O) groups is 1. The van der Waals surface area contributed by atoms with Gasteiger partial charge in [0, 0.05) is 5.56 Å². The number of benzene rings is 1. The highest BCUT2D eigenvalue weighted by Gasteiger charge is 2.33. The molecule has 0 saturated carbocycles. The molecule has 0 saturated heterocycles. The molecule has 148 valence electrons. The van der Waals surface area contributed by atoms with Gasteiger partial charge in [-0.1, -0.05) is 23.5 Å². The summed E-state index contributed by atoms with van der Waals surface area (Å²) in [5.41, 5.74) is 1.78. The summed E-state index contributed by atoms with van der Waals surface area (Å²) < 4.78 is 25.7. The van der Waals surface area contributed by atoms with Crippen LogP contribution in [0.2, 0.25) is 0 Å². The number of nitrogens with zero attached hydrogens (tertiary/aromatic N) is 2. The van der Waals surface area contributed by atoms with Crippen LogP contribution in [0.1, 0.15) is 31.0 Å². The van der Waals surface area contributed by atoms with Gasteiger partial charge in [-0.3, -0.25) is 9.36 Å². The molecular formula is C21H17FN2O4S. The van der Waals surface area contributed by atoms with Crippen LogP contribution in [0.25, 0.3) is 6.08 Å². The van der Waals surface area contributed by atoms with Gasteiger partial charge in [-0.15, -0.1) is 0 Å². The number of rotatable bonds is 4. The summed E-state index contributed by atoms with van der Waals surface area (Å²) in [6, 6.07) is 6.71. The van der Waals surface area contributed by atoms with Gasteiger partial charge in [-0.05, 0) is 43.7 Å². The number of ether oxygens (including phenoxy) is 1. The van der Waals surface area contributed by atoms with Crippen LogP contribution in [0.3, 0.4) is 0 Å². The van der Waals surface area contributed by atoms with Crippen molar-refractivity contribution < 1.29 is 18.3 Å². The van der Waals surface area contributed by atoms with Gasteiger partial charge in [0.25, 0.3) is 5.56 Å². The number of esters is 1. The van der Waals surface area contributed by atoms with E-state index in [0.717, 1.165) is 5.56 Å². The van der Waals surface area contributed by atoms with Crippen molar-refractivity contribution in [2.75, 3.05) is 6.61 Å². The molecular weight excluding hydrogens is 395 g/mol. The van der Waals surface area contributed by atoms with Crippen molar-refractivity contribution in [2.45, 2.75) is 19.9 Å². The molecule has 0 unspecified atom stereocenters. The van der Waals surface area contributed by atoms with Crippen molar-refractivity contribution in [2.24, 2.45) is 4.99 Å². The standard InChI is InChI=1S/C21H17FN2O4S/c1-3-28-20(26)17-12(2)23-21-24(18(17)14-4-6-15(22)7-5-14)19(25)16(29-21)10-13-8-9-27-11-13/h4-11,18H,3H2,1-2H3/b16-10+/t18-/m0/s1. The maximum atomic E-state index is 13.5. The quantitative estimate of drug-likeness (QED) is 0.618. The van der Waals surface area contributed by atoms with Gasteiger partial charge in [0.15, 0.2) is 4.80 Å². The molecule has 1 atom stereocenters.